The van der Waals surface area contributed by atoms with Gasteiger partial charge in [-0.15, -0.1) is 0 Å². The van der Waals surface area contributed by atoms with Gasteiger partial charge in [0.1, 0.15) is 17.6 Å². The van der Waals surface area contributed by atoms with Crippen molar-refractivity contribution in [3.05, 3.63) is 18.2 Å². The van der Waals surface area contributed by atoms with Gasteiger partial charge in [-0.05, 0) is 25.0 Å². The zero-order valence-corrected chi connectivity index (χ0v) is 15.1. The molecule has 6 heteroatoms. The van der Waals surface area contributed by atoms with Crippen LogP contribution in [0.3, 0.4) is 0 Å². The molecule has 0 saturated carbocycles. The van der Waals surface area contributed by atoms with Gasteiger partial charge in [-0.3, -0.25) is 4.79 Å². The van der Waals surface area contributed by atoms with E-state index in [2.05, 4.69) is 5.32 Å². The van der Waals surface area contributed by atoms with E-state index in [4.69, 9.17) is 14.2 Å². The number of ether oxygens (including phenoxy) is 3. The lowest BCUT2D eigenvalue weighted by molar-refractivity contribution is -0.140. The molecule has 25 heavy (non-hydrogen) atoms. The van der Waals surface area contributed by atoms with Crippen molar-refractivity contribution in [1.29, 1.82) is 0 Å². The molecule has 0 unspecified atom stereocenters. The molecule has 2 fully saturated rings. The molecular weight excluding hydrogens is 320 g/mol. The molecular formula is C19H28N2O4. The van der Waals surface area contributed by atoms with E-state index in [0.717, 1.165) is 56.0 Å². The van der Waals surface area contributed by atoms with Crippen LogP contribution in [0.2, 0.25) is 0 Å². The van der Waals surface area contributed by atoms with E-state index >= 15 is 0 Å². The molecule has 2 heterocycles. The first-order valence-corrected chi connectivity index (χ1v) is 9.10. The van der Waals surface area contributed by atoms with Crippen LogP contribution in [0, 0.1) is 5.92 Å². The van der Waals surface area contributed by atoms with Crippen LogP contribution in [0.25, 0.3) is 0 Å². The van der Waals surface area contributed by atoms with Crippen molar-refractivity contribution in [2.75, 3.05) is 45.8 Å². The Hall–Kier alpha value is -1.95. The Morgan fingerprint density at radius 1 is 1.20 bits per heavy atom. The van der Waals surface area contributed by atoms with Crippen LogP contribution >= 0.6 is 0 Å². The maximum atomic E-state index is 12.6. The third-order valence-electron chi connectivity index (χ3n) is 5.07. The second-order valence-corrected chi connectivity index (χ2v) is 6.64. The standard InChI is InChI=1S/C19H28N2O4/c1-20-17-4-3-16(13-18(17)23-2)25-15-5-9-21(10-6-15)19(22)14-7-11-24-12-8-14/h3-4,13-15,20H,5-12H2,1-2H3. The van der Waals surface area contributed by atoms with Crippen molar-refractivity contribution in [1.82, 2.24) is 4.90 Å². The molecule has 2 saturated heterocycles. The summed E-state index contributed by atoms with van der Waals surface area (Å²) in [6.45, 7) is 2.96. The van der Waals surface area contributed by atoms with E-state index in [1.807, 2.05) is 30.1 Å². The van der Waals surface area contributed by atoms with Crippen molar-refractivity contribution in [3.8, 4) is 11.5 Å². The molecule has 0 radical (unpaired) electrons. The summed E-state index contributed by atoms with van der Waals surface area (Å²) in [5, 5.41) is 3.09. The third-order valence-corrected chi connectivity index (χ3v) is 5.07. The first-order chi connectivity index (χ1) is 12.2. The lowest BCUT2D eigenvalue weighted by Crippen LogP contribution is -2.45. The molecule has 0 bridgehead atoms. The number of benzene rings is 1. The van der Waals surface area contributed by atoms with Gasteiger partial charge in [0.05, 0.1) is 12.8 Å². The normalized spacial score (nSPS) is 19.5. The van der Waals surface area contributed by atoms with Crippen LogP contribution in [0.1, 0.15) is 25.7 Å². The van der Waals surface area contributed by atoms with Crippen molar-refractivity contribution in [3.63, 3.8) is 0 Å². The van der Waals surface area contributed by atoms with Crippen LogP contribution in [0.15, 0.2) is 18.2 Å². The summed E-state index contributed by atoms with van der Waals surface area (Å²) in [6.07, 6.45) is 3.58. The Morgan fingerprint density at radius 2 is 1.92 bits per heavy atom. The largest absolute Gasteiger partial charge is 0.494 e. The Labute approximate surface area is 149 Å². The summed E-state index contributed by atoms with van der Waals surface area (Å²) in [5.74, 6) is 2.02. The number of anilines is 1. The number of carbonyl (C=O) groups is 1. The molecule has 0 spiro atoms. The van der Waals surface area contributed by atoms with Gasteiger partial charge in [0.25, 0.3) is 0 Å². The average molecular weight is 348 g/mol. The minimum atomic E-state index is 0.142. The zero-order valence-electron chi connectivity index (χ0n) is 15.1. The number of hydrogen-bond acceptors (Lipinski definition) is 5. The molecule has 0 atom stereocenters. The lowest BCUT2D eigenvalue weighted by atomic mass is 9.97. The quantitative estimate of drug-likeness (QED) is 0.886. The minimum absolute atomic E-state index is 0.142. The monoisotopic (exact) mass is 348 g/mol. The number of likely N-dealkylation sites (tertiary alicyclic amines) is 1. The van der Waals surface area contributed by atoms with E-state index in [0.29, 0.717) is 19.1 Å². The molecule has 0 aliphatic carbocycles. The predicted molar refractivity (Wildman–Crippen MR) is 96.3 cm³/mol. The van der Waals surface area contributed by atoms with E-state index in [-0.39, 0.29) is 12.0 Å². The fourth-order valence-corrected chi connectivity index (χ4v) is 3.54. The topological polar surface area (TPSA) is 60.0 Å². The van der Waals surface area contributed by atoms with Gasteiger partial charge in [-0.1, -0.05) is 0 Å². The SMILES string of the molecule is CNc1ccc(OC2CCN(C(=O)C3CCOCC3)CC2)cc1OC. The van der Waals surface area contributed by atoms with Crippen molar-refractivity contribution < 1.29 is 19.0 Å². The van der Waals surface area contributed by atoms with Crippen molar-refractivity contribution in [2.24, 2.45) is 5.92 Å². The number of carbonyl (C=O) groups excluding carboxylic acids is 1. The van der Waals surface area contributed by atoms with E-state index < -0.39 is 0 Å². The number of piperidine rings is 1. The number of amides is 1. The Morgan fingerprint density at radius 3 is 2.56 bits per heavy atom. The van der Waals surface area contributed by atoms with E-state index in [9.17, 15) is 4.79 Å². The summed E-state index contributed by atoms with van der Waals surface area (Å²) < 4.78 is 16.8. The Balaban J connectivity index is 1.51. The van der Waals surface area contributed by atoms with Crippen molar-refractivity contribution >= 4 is 11.6 Å². The molecule has 1 N–H and O–H groups in total. The molecule has 2 aliphatic heterocycles. The Bertz CT molecular complexity index is 579. The molecule has 0 aromatic heterocycles. The minimum Gasteiger partial charge on any atom is -0.494 e. The predicted octanol–water partition coefficient (Wildman–Crippen LogP) is 2.53. The fourth-order valence-electron chi connectivity index (χ4n) is 3.54. The zero-order chi connectivity index (χ0) is 17.6. The van der Waals surface area contributed by atoms with Gasteiger partial charge in [-0.2, -0.15) is 0 Å². The van der Waals surface area contributed by atoms with Gasteiger partial charge < -0.3 is 24.4 Å². The number of nitrogens with zero attached hydrogens (tertiary/aromatic N) is 1. The maximum Gasteiger partial charge on any atom is 0.225 e. The lowest BCUT2D eigenvalue weighted by Gasteiger charge is -2.35. The molecule has 6 nitrogen and oxygen atoms in total. The summed E-state index contributed by atoms with van der Waals surface area (Å²) in [7, 11) is 3.52. The Kier molecular flexibility index (Phi) is 6.02. The summed E-state index contributed by atoms with van der Waals surface area (Å²) in [5.41, 5.74) is 0.937. The highest BCUT2D eigenvalue weighted by Crippen LogP contribution is 2.30. The van der Waals surface area contributed by atoms with Crippen LogP contribution in [-0.4, -0.2) is 57.4 Å². The second kappa shape index (κ2) is 8.43. The molecule has 1 aromatic rings. The molecule has 2 aliphatic rings. The summed E-state index contributed by atoms with van der Waals surface area (Å²) in [4.78, 5) is 14.6. The van der Waals surface area contributed by atoms with Gasteiger partial charge in [0.2, 0.25) is 5.91 Å². The second-order valence-electron chi connectivity index (χ2n) is 6.64. The molecule has 3 rings (SSSR count). The fraction of sp³-hybridized carbons (Fsp3) is 0.632. The molecule has 1 aromatic carbocycles. The van der Waals surface area contributed by atoms with Gasteiger partial charge in [-0.25, -0.2) is 0 Å². The van der Waals surface area contributed by atoms with Crippen LogP contribution in [0.4, 0.5) is 5.69 Å². The van der Waals surface area contributed by atoms with Crippen LogP contribution in [-0.2, 0) is 9.53 Å². The van der Waals surface area contributed by atoms with E-state index in [1.54, 1.807) is 7.11 Å². The number of hydrogen-bond donors (Lipinski definition) is 1. The maximum absolute atomic E-state index is 12.6. The number of rotatable bonds is 5. The summed E-state index contributed by atoms with van der Waals surface area (Å²) >= 11 is 0. The van der Waals surface area contributed by atoms with Crippen LogP contribution < -0.4 is 14.8 Å². The van der Waals surface area contributed by atoms with Gasteiger partial charge in [0.15, 0.2) is 0 Å². The van der Waals surface area contributed by atoms with Crippen molar-refractivity contribution in [2.45, 2.75) is 31.8 Å². The highest BCUT2D eigenvalue weighted by molar-refractivity contribution is 5.79. The first-order valence-electron chi connectivity index (χ1n) is 9.10. The highest BCUT2D eigenvalue weighted by Gasteiger charge is 2.30. The van der Waals surface area contributed by atoms with E-state index in [1.165, 1.54) is 0 Å². The average Bonchev–Trinajstić information content (AvgIpc) is 2.68. The summed E-state index contributed by atoms with van der Waals surface area (Å²) in [6, 6.07) is 5.82. The first kappa shape index (κ1) is 17.9. The smallest absolute Gasteiger partial charge is 0.225 e. The molecule has 138 valence electrons. The highest BCUT2D eigenvalue weighted by atomic mass is 16.5. The number of methoxy groups -OCH3 is 1. The molecule has 1 amide bonds. The van der Waals surface area contributed by atoms with Crippen LogP contribution in [0.5, 0.6) is 11.5 Å². The van der Waals surface area contributed by atoms with Gasteiger partial charge >= 0.3 is 0 Å². The number of nitrogens with one attached hydrogen (secondary N) is 1. The third kappa shape index (κ3) is 4.37. The van der Waals surface area contributed by atoms with Gasteiger partial charge in [0, 0.05) is 58.2 Å².